The molecule has 0 aliphatic carbocycles. The van der Waals surface area contributed by atoms with Crippen molar-refractivity contribution < 1.29 is 52.8 Å². The summed E-state index contributed by atoms with van der Waals surface area (Å²) in [4.78, 5) is 60.4. The van der Waals surface area contributed by atoms with Gasteiger partial charge in [0, 0.05) is 48.1 Å². The topological polar surface area (TPSA) is 152 Å². The van der Waals surface area contributed by atoms with Gasteiger partial charge < -0.3 is 28.8 Å². The lowest BCUT2D eigenvalue weighted by Gasteiger charge is -2.37. The first-order valence-corrected chi connectivity index (χ1v) is 18.4. The Morgan fingerprint density at radius 1 is 0.755 bits per heavy atom. The van der Waals surface area contributed by atoms with Gasteiger partial charge >= 0.3 is 23.9 Å². The van der Waals surface area contributed by atoms with Crippen LogP contribution in [0.25, 0.3) is 0 Å². The summed E-state index contributed by atoms with van der Waals surface area (Å²) in [6, 6.07) is 11.6. The van der Waals surface area contributed by atoms with E-state index in [0.717, 1.165) is 18.4 Å². The standard InChI is InChI=1S/C40H42Cl2O11/c1-39(2,3)24-15-16-26-25(18-24)38(48)53-40(26)27-19-29(41)33(51-36(46)13-9-5-4-8-12-35(44)45)21-31(27)50-32-22-34(30(42)20-28(32)40)52-37(47)14-10-6-7-11-17-49-23-43/h15-16,18-23H,4-14,17H2,1-3H3,(H,44,45). The molecule has 1 unspecified atom stereocenters. The Balaban J connectivity index is 1.45. The first-order chi connectivity index (χ1) is 25.2. The summed E-state index contributed by atoms with van der Waals surface area (Å²) in [6.07, 6.45) is 5.45. The summed E-state index contributed by atoms with van der Waals surface area (Å²) < 4.78 is 28.7. The van der Waals surface area contributed by atoms with Gasteiger partial charge in [-0.05, 0) is 54.9 Å². The van der Waals surface area contributed by atoms with Gasteiger partial charge in [0.15, 0.2) is 17.1 Å². The van der Waals surface area contributed by atoms with Gasteiger partial charge in [0.05, 0.1) is 22.2 Å². The molecule has 0 fully saturated rings. The highest BCUT2D eigenvalue weighted by molar-refractivity contribution is 6.33. The quantitative estimate of drug-likeness (QED) is 0.0605. The number of fused-ring (bicyclic) bond motifs is 6. The third-order valence-electron chi connectivity index (χ3n) is 9.21. The molecule has 1 N–H and O–H groups in total. The molecule has 0 saturated heterocycles. The lowest BCUT2D eigenvalue weighted by molar-refractivity contribution is -0.137. The van der Waals surface area contributed by atoms with Crippen molar-refractivity contribution in [2.24, 2.45) is 0 Å². The molecule has 3 aromatic carbocycles. The highest BCUT2D eigenvalue weighted by Gasteiger charge is 2.54. The van der Waals surface area contributed by atoms with Crippen molar-refractivity contribution >= 4 is 53.6 Å². The van der Waals surface area contributed by atoms with Gasteiger partial charge in [-0.2, -0.15) is 0 Å². The number of carboxylic acids is 1. The van der Waals surface area contributed by atoms with Gasteiger partial charge in [-0.15, -0.1) is 0 Å². The van der Waals surface area contributed by atoms with E-state index in [2.05, 4.69) is 0 Å². The van der Waals surface area contributed by atoms with Crippen molar-refractivity contribution in [2.75, 3.05) is 6.61 Å². The molecule has 0 bridgehead atoms. The van der Waals surface area contributed by atoms with E-state index in [4.69, 9.17) is 52.0 Å². The smallest absolute Gasteiger partial charge is 0.340 e. The first kappa shape index (κ1) is 39.6. The summed E-state index contributed by atoms with van der Waals surface area (Å²) in [5, 5.41) is 8.99. The fraction of sp³-hybridized carbons (Fsp3) is 0.425. The molecule has 1 atom stereocenters. The van der Waals surface area contributed by atoms with Gasteiger partial charge in [-0.3, -0.25) is 19.2 Å². The number of aliphatic carboxylic acids is 1. The van der Waals surface area contributed by atoms with Crippen molar-refractivity contribution in [2.45, 2.75) is 102 Å². The number of halogens is 2. The van der Waals surface area contributed by atoms with Gasteiger partial charge in [0.1, 0.15) is 11.5 Å². The van der Waals surface area contributed by atoms with Crippen molar-refractivity contribution in [3.63, 3.8) is 0 Å². The number of ether oxygens (including phenoxy) is 5. The van der Waals surface area contributed by atoms with Gasteiger partial charge in [-0.25, -0.2) is 4.79 Å². The summed E-state index contributed by atoms with van der Waals surface area (Å²) in [6.45, 7) is 6.86. The van der Waals surface area contributed by atoms with E-state index in [9.17, 15) is 24.0 Å². The van der Waals surface area contributed by atoms with Crippen LogP contribution in [0.1, 0.15) is 124 Å². The summed E-state index contributed by atoms with van der Waals surface area (Å²) in [5.74, 6) is -1.99. The second-order valence-corrected chi connectivity index (χ2v) is 14.9. The van der Waals surface area contributed by atoms with Crippen molar-refractivity contribution in [1.82, 2.24) is 0 Å². The van der Waals surface area contributed by atoms with Crippen LogP contribution in [0.3, 0.4) is 0 Å². The van der Waals surface area contributed by atoms with Crippen LogP contribution in [0.5, 0.6) is 23.0 Å². The van der Waals surface area contributed by atoms with Gasteiger partial charge in [0.25, 0.3) is 6.47 Å². The Labute approximate surface area is 317 Å². The Morgan fingerprint density at radius 2 is 1.28 bits per heavy atom. The monoisotopic (exact) mass is 768 g/mol. The van der Waals surface area contributed by atoms with Crippen molar-refractivity contribution in [3.8, 4) is 23.0 Å². The molecule has 53 heavy (non-hydrogen) atoms. The number of carbonyl (C=O) groups excluding carboxylic acids is 4. The van der Waals surface area contributed by atoms with Crippen molar-refractivity contribution in [1.29, 1.82) is 0 Å². The largest absolute Gasteiger partial charge is 0.481 e. The second kappa shape index (κ2) is 17.0. The SMILES string of the molecule is CC(C)(C)c1ccc2c(c1)C(=O)OC21c2cc(Cl)c(OC(=O)CCCCCCOC=O)cc2Oc2cc(OC(=O)CCCCCCC(=O)O)c(Cl)cc21. The first-order valence-electron chi connectivity index (χ1n) is 17.7. The van der Waals surface area contributed by atoms with Crippen LogP contribution in [0.15, 0.2) is 42.5 Å². The predicted molar refractivity (Wildman–Crippen MR) is 195 cm³/mol. The molecule has 13 heteroatoms. The highest BCUT2D eigenvalue weighted by Crippen LogP contribution is 2.59. The average Bonchev–Trinajstić information content (AvgIpc) is 3.39. The van der Waals surface area contributed by atoms with Crippen LogP contribution in [0, 0.1) is 0 Å². The minimum Gasteiger partial charge on any atom is -0.481 e. The number of rotatable bonds is 17. The summed E-state index contributed by atoms with van der Waals surface area (Å²) >= 11 is 13.5. The molecule has 1 spiro atoms. The van der Waals surface area contributed by atoms with E-state index in [1.54, 1.807) is 12.1 Å². The molecule has 0 radical (unpaired) electrons. The normalized spacial score (nSPS) is 15.5. The maximum atomic E-state index is 13.7. The highest BCUT2D eigenvalue weighted by atomic mass is 35.5. The number of unbranched alkanes of at least 4 members (excludes halogenated alkanes) is 6. The Kier molecular flexibility index (Phi) is 12.7. The fourth-order valence-corrected chi connectivity index (χ4v) is 6.85. The third kappa shape index (κ3) is 9.13. The van der Waals surface area contributed by atoms with E-state index in [1.807, 2.05) is 39.0 Å². The zero-order valence-corrected chi connectivity index (χ0v) is 31.4. The Bertz CT molecular complexity index is 1900. The Hall–Kier alpha value is -4.61. The van der Waals surface area contributed by atoms with Gasteiger partial charge in [-0.1, -0.05) is 81.8 Å². The molecule has 5 rings (SSSR count). The molecule has 2 heterocycles. The van der Waals surface area contributed by atoms with Crippen molar-refractivity contribution in [3.05, 3.63) is 80.3 Å². The molecular weight excluding hydrogens is 727 g/mol. The molecular formula is C40H42Cl2O11. The van der Waals surface area contributed by atoms with Gasteiger partial charge in [0.2, 0.25) is 0 Å². The average molecular weight is 770 g/mol. The molecule has 2 aliphatic rings. The predicted octanol–water partition coefficient (Wildman–Crippen LogP) is 9.22. The van der Waals surface area contributed by atoms with Crippen LogP contribution in [0.2, 0.25) is 10.0 Å². The molecule has 3 aromatic rings. The maximum absolute atomic E-state index is 13.7. The number of carbonyl (C=O) groups is 5. The molecule has 0 amide bonds. The number of hydrogen-bond donors (Lipinski definition) is 1. The Morgan fingerprint density at radius 3 is 1.79 bits per heavy atom. The molecule has 0 aromatic heterocycles. The van der Waals surface area contributed by atoms with E-state index in [1.165, 1.54) is 12.1 Å². The molecule has 282 valence electrons. The van der Waals surface area contributed by atoms with E-state index >= 15 is 0 Å². The molecule has 2 aliphatic heterocycles. The van der Waals surface area contributed by atoms with Crippen LogP contribution in [-0.4, -0.2) is 42.1 Å². The minimum atomic E-state index is -1.56. The summed E-state index contributed by atoms with van der Waals surface area (Å²) in [5.41, 5.74) is 0.752. The molecule has 0 saturated carbocycles. The number of esters is 3. The zero-order chi connectivity index (χ0) is 38.3. The second-order valence-electron chi connectivity index (χ2n) is 14.1. The fourth-order valence-electron chi connectivity index (χ4n) is 6.45. The summed E-state index contributed by atoms with van der Waals surface area (Å²) in [7, 11) is 0. The van der Waals surface area contributed by atoms with Crippen LogP contribution < -0.4 is 14.2 Å². The third-order valence-corrected chi connectivity index (χ3v) is 9.80. The van der Waals surface area contributed by atoms with Crippen LogP contribution >= 0.6 is 23.2 Å². The number of hydrogen-bond acceptors (Lipinski definition) is 10. The maximum Gasteiger partial charge on any atom is 0.340 e. The lowest BCUT2D eigenvalue weighted by atomic mass is 9.76. The lowest BCUT2D eigenvalue weighted by Crippen LogP contribution is -2.33. The number of benzene rings is 3. The van der Waals surface area contributed by atoms with Crippen LogP contribution in [0.4, 0.5) is 0 Å². The van der Waals surface area contributed by atoms with Crippen LogP contribution in [-0.2, 0) is 39.7 Å². The van der Waals surface area contributed by atoms with E-state index in [0.29, 0.717) is 73.9 Å². The van der Waals surface area contributed by atoms with E-state index in [-0.39, 0.29) is 57.7 Å². The molecule has 11 nitrogen and oxygen atoms in total. The number of carboxylic acid groups (broad SMARTS) is 1. The minimum absolute atomic E-state index is 0.0332. The van der Waals surface area contributed by atoms with E-state index < -0.39 is 29.5 Å². The zero-order valence-electron chi connectivity index (χ0n) is 29.9.